The summed E-state index contributed by atoms with van der Waals surface area (Å²) in [7, 11) is -5.65. The molecule has 2 rings (SSSR count). The molecule has 17 heteroatoms. The highest BCUT2D eigenvalue weighted by molar-refractivity contribution is 7.47. The van der Waals surface area contributed by atoms with E-state index in [0.717, 1.165) is 31.1 Å². The largest absolute Gasteiger partial charge is 0.472 e. The summed E-state index contributed by atoms with van der Waals surface area (Å²) in [5.41, 5.74) is -1.70. The molecule has 15 nitrogen and oxygen atoms in total. The summed E-state index contributed by atoms with van der Waals surface area (Å²) < 4.78 is 48.5. The average molecular weight is 499 g/mol. The molecule has 1 amide bonds. The number of hydrogen-bond acceptors (Lipinski definition) is 10. The van der Waals surface area contributed by atoms with E-state index in [1.807, 2.05) is 0 Å². The van der Waals surface area contributed by atoms with Crippen molar-refractivity contribution in [3.05, 3.63) is 38.7 Å². The number of nitrogens with zero attached hydrogens (tertiary/aromatic N) is 1. The van der Waals surface area contributed by atoms with Crippen LogP contribution in [0.5, 0.6) is 0 Å². The number of likely N-dealkylation sites (N-methyl/N-ethyl adjacent to an activating group) is 1. The number of carbonyl (C=O) groups is 1. The summed E-state index contributed by atoms with van der Waals surface area (Å²) >= 11 is 0. The third kappa shape index (κ3) is 7.04. The van der Waals surface area contributed by atoms with Gasteiger partial charge in [-0.25, -0.2) is 13.9 Å². The van der Waals surface area contributed by atoms with Crippen LogP contribution in [0.4, 0.5) is 0 Å². The SMILES string of the molecule is CNC(=O)/C=C/c1cn(C2CC(OP(=O)(O)OC)C(COP(=O)(O)OC)O2)c(=O)[nH]c1=O. The summed E-state index contributed by atoms with van der Waals surface area (Å²) in [6.07, 6.45) is -0.387. The second-order valence-corrected chi connectivity index (χ2v) is 9.38. The van der Waals surface area contributed by atoms with Gasteiger partial charge in [0.05, 0.1) is 12.2 Å². The van der Waals surface area contributed by atoms with Crippen LogP contribution in [-0.4, -0.2) is 65.3 Å². The molecule has 5 atom stereocenters. The maximum atomic E-state index is 12.3. The molecule has 1 aliphatic rings. The van der Waals surface area contributed by atoms with Crippen molar-refractivity contribution < 1.29 is 46.5 Å². The third-order valence-electron chi connectivity index (χ3n) is 4.28. The van der Waals surface area contributed by atoms with E-state index >= 15 is 0 Å². The minimum absolute atomic E-state index is 0.0575. The van der Waals surface area contributed by atoms with E-state index in [4.69, 9.17) is 13.8 Å². The van der Waals surface area contributed by atoms with Gasteiger partial charge in [-0.15, -0.1) is 0 Å². The van der Waals surface area contributed by atoms with Gasteiger partial charge >= 0.3 is 21.3 Å². The number of amides is 1. The Kier molecular flexibility index (Phi) is 8.88. The molecule has 0 bridgehead atoms. The van der Waals surface area contributed by atoms with Gasteiger partial charge in [-0.05, 0) is 6.08 Å². The van der Waals surface area contributed by atoms with Crippen molar-refractivity contribution in [2.75, 3.05) is 27.9 Å². The second kappa shape index (κ2) is 10.8. The molecular weight excluding hydrogens is 476 g/mol. The van der Waals surface area contributed by atoms with Gasteiger partial charge in [0.25, 0.3) is 5.56 Å². The maximum Gasteiger partial charge on any atom is 0.472 e. The highest BCUT2D eigenvalue weighted by Gasteiger charge is 2.43. The van der Waals surface area contributed by atoms with E-state index in [-0.39, 0.29) is 12.0 Å². The predicted octanol–water partition coefficient (Wildman–Crippen LogP) is -0.521. The quantitative estimate of drug-likeness (QED) is 0.237. The molecule has 32 heavy (non-hydrogen) atoms. The van der Waals surface area contributed by atoms with Crippen molar-refractivity contribution in [1.29, 1.82) is 0 Å². The van der Waals surface area contributed by atoms with E-state index in [2.05, 4.69) is 19.3 Å². The molecular formula is C15H23N3O12P2. The lowest BCUT2D eigenvalue weighted by Crippen LogP contribution is -2.33. The highest BCUT2D eigenvalue weighted by Crippen LogP contribution is 2.48. The van der Waals surface area contributed by atoms with Crippen LogP contribution in [0.2, 0.25) is 0 Å². The first-order chi connectivity index (χ1) is 14.9. The van der Waals surface area contributed by atoms with Crippen LogP contribution in [0, 0.1) is 0 Å². The maximum absolute atomic E-state index is 12.3. The monoisotopic (exact) mass is 499 g/mol. The predicted molar refractivity (Wildman–Crippen MR) is 107 cm³/mol. The Labute approximate surface area is 181 Å². The molecule has 0 spiro atoms. The van der Waals surface area contributed by atoms with E-state index in [0.29, 0.717) is 0 Å². The molecule has 1 saturated heterocycles. The standard InChI is InChI=1S/C15H23N3O12P2/c1-16-12(19)5-4-9-7-18(15(21)17-14(9)20)13-6-10(30-32(24,25)27-3)11(29-13)8-28-31(22,23)26-2/h4-5,7,10-11,13H,6,8H2,1-3H3,(H,16,19)(H,22,23)(H,24,25)(H,17,20,21)/b5-4+. The Hall–Kier alpha value is -1.93. The Bertz CT molecular complexity index is 1070. The molecule has 2 heterocycles. The third-order valence-corrected chi connectivity index (χ3v) is 6.21. The van der Waals surface area contributed by atoms with Gasteiger partial charge in [0, 0.05) is 40.0 Å². The normalized spacial score (nSPS) is 24.8. The van der Waals surface area contributed by atoms with Crippen molar-refractivity contribution in [2.24, 2.45) is 0 Å². The van der Waals surface area contributed by atoms with E-state index in [1.54, 1.807) is 0 Å². The summed E-state index contributed by atoms with van der Waals surface area (Å²) in [5, 5.41) is 2.33. The van der Waals surface area contributed by atoms with Crippen LogP contribution in [0.15, 0.2) is 21.9 Å². The van der Waals surface area contributed by atoms with Crippen LogP contribution < -0.4 is 16.6 Å². The van der Waals surface area contributed by atoms with Crippen molar-refractivity contribution in [2.45, 2.75) is 24.9 Å². The van der Waals surface area contributed by atoms with Gasteiger partial charge in [-0.3, -0.25) is 37.2 Å². The Balaban J connectivity index is 2.34. The summed E-state index contributed by atoms with van der Waals surface area (Å²) in [6.45, 7) is -0.603. The Morgan fingerprint density at radius 1 is 1.31 bits per heavy atom. The van der Waals surface area contributed by atoms with Gasteiger partial charge in [0.2, 0.25) is 5.91 Å². The number of phosphoric acid groups is 2. The molecule has 5 unspecified atom stereocenters. The number of nitrogens with one attached hydrogen (secondary N) is 2. The van der Waals surface area contributed by atoms with Crippen molar-refractivity contribution in [3.63, 3.8) is 0 Å². The molecule has 0 aromatic carbocycles. The Morgan fingerprint density at radius 2 is 1.97 bits per heavy atom. The molecule has 1 fully saturated rings. The number of aromatic nitrogens is 2. The molecule has 4 N–H and O–H groups in total. The topological polar surface area (TPSA) is 205 Å². The number of rotatable bonds is 10. The van der Waals surface area contributed by atoms with Gasteiger partial charge in [0.1, 0.15) is 18.4 Å². The van der Waals surface area contributed by atoms with E-state index in [9.17, 15) is 33.3 Å². The summed E-state index contributed by atoms with van der Waals surface area (Å²) in [4.78, 5) is 56.8. The molecule has 1 aromatic heterocycles. The van der Waals surface area contributed by atoms with Crippen LogP contribution in [0.25, 0.3) is 6.08 Å². The fraction of sp³-hybridized carbons (Fsp3) is 0.533. The van der Waals surface area contributed by atoms with Gasteiger partial charge < -0.3 is 19.8 Å². The van der Waals surface area contributed by atoms with Crippen LogP contribution in [0.1, 0.15) is 18.2 Å². The fourth-order valence-electron chi connectivity index (χ4n) is 2.65. The number of phosphoric ester groups is 2. The zero-order valence-corrected chi connectivity index (χ0v) is 19.0. The zero-order chi connectivity index (χ0) is 24.1. The molecule has 180 valence electrons. The molecule has 0 aliphatic carbocycles. The highest BCUT2D eigenvalue weighted by atomic mass is 31.2. The first kappa shape index (κ1) is 26.3. The number of carbonyl (C=O) groups excluding carboxylic acids is 1. The molecule has 0 radical (unpaired) electrons. The lowest BCUT2D eigenvalue weighted by molar-refractivity contribution is -0.116. The van der Waals surface area contributed by atoms with Gasteiger partial charge in [-0.1, -0.05) is 0 Å². The average Bonchev–Trinajstić information content (AvgIpc) is 3.13. The van der Waals surface area contributed by atoms with Gasteiger partial charge in [-0.2, -0.15) is 0 Å². The van der Waals surface area contributed by atoms with Crippen molar-refractivity contribution in [1.82, 2.24) is 14.9 Å². The van der Waals surface area contributed by atoms with Gasteiger partial charge in [0.15, 0.2) is 0 Å². The van der Waals surface area contributed by atoms with E-state index in [1.165, 1.54) is 13.1 Å². The molecule has 0 saturated carbocycles. The van der Waals surface area contributed by atoms with Crippen LogP contribution >= 0.6 is 15.6 Å². The lowest BCUT2D eigenvalue weighted by atomic mass is 10.2. The number of H-pyrrole nitrogens is 1. The van der Waals surface area contributed by atoms with Crippen LogP contribution in [-0.2, 0) is 36.8 Å². The molecule has 1 aromatic rings. The minimum atomic E-state index is -4.50. The zero-order valence-electron chi connectivity index (χ0n) is 17.2. The number of ether oxygens (including phenoxy) is 1. The lowest BCUT2D eigenvalue weighted by Gasteiger charge is -2.21. The van der Waals surface area contributed by atoms with Crippen molar-refractivity contribution in [3.8, 4) is 0 Å². The van der Waals surface area contributed by atoms with E-state index < -0.39 is 57.8 Å². The second-order valence-electron chi connectivity index (χ2n) is 6.31. The summed E-state index contributed by atoms with van der Waals surface area (Å²) in [6, 6.07) is 0. The smallest absolute Gasteiger partial charge is 0.356 e. The number of aromatic amines is 1. The Morgan fingerprint density at radius 3 is 2.56 bits per heavy atom. The first-order valence-electron chi connectivity index (χ1n) is 8.92. The van der Waals surface area contributed by atoms with Crippen LogP contribution in [0.3, 0.4) is 0 Å². The molecule has 1 aliphatic heterocycles. The summed E-state index contributed by atoms with van der Waals surface area (Å²) in [5.74, 6) is -0.491. The van der Waals surface area contributed by atoms with Crippen molar-refractivity contribution >= 4 is 27.6 Å². The fourth-order valence-corrected chi connectivity index (χ4v) is 3.74. The number of hydrogen-bond donors (Lipinski definition) is 4. The first-order valence-corrected chi connectivity index (χ1v) is 11.9. The minimum Gasteiger partial charge on any atom is -0.356 e.